The molecule has 8 heteroatoms. The molecule has 3 heterocycles. The summed E-state index contributed by atoms with van der Waals surface area (Å²) in [6.45, 7) is 5.93. The predicted molar refractivity (Wildman–Crippen MR) is 118 cm³/mol. The van der Waals surface area contributed by atoms with E-state index in [0.717, 1.165) is 42.9 Å². The Labute approximate surface area is 185 Å². The van der Waals surface area contributed by atoms with Gasteiger partial charge in [-0.15, -0.1) is 10.2 Å². The van der Waals surface area contributed by atoms with Gasteiger partial charge >= 0.3 is 0 Å². The molecular weight excluding hydrogens is 412 g/mol. The van der Waals surface area contributed by atoms with Gasteiger partial charge in [0.05, 0.1) is 12.3 Å². The Morgan fingerprint density at radius 3 is 2.74 bits per heavy atom. The molecule has 162 valence electrons. The number of hydrogen-bond acceptors (Lipinski definition) is 6. The first-order valence-corrected chi connectivity index (χ1v) is 11.5. The zero-order valence-corrected chi connectivity index (χ0v) is 18.7. The molecule has 0 atom stereocenters. The number of nitrogens with zero attached hydrogens (tertiary/aromatic N) is 4. The minimum atomic E-state index is 0.0403. The van der Waals surface area contributed by atoms with Crippen molar-refractivity contribution >= 4 is 23.5 Å². The van der Waals surface area contributed by atoms with Crippen LogP contribution >= 0.6 is 11.8 Å². The zero-order valence-electron chi connectivity index (χ0n) is 17.8. The summed E-state index contributed by atoms with van der Waals surface area (Å²) >= 11 is 1.23. The minimum absolute atomic E-state index is 0.0403. The SMILES string of the molecule is Cc1cc(C(=O)CSc2nnc(CN3CCCC3=O)o2)c(C)n1CCc1ccccc1. The van der Waals surface area contributed by atoms with E-state index >= 15 is 0 Å². The number of aromatic nitrogens is 3. The van der Waals surface area contributed by atoms with Crippen LogP contribution in [0.2, 0.25) is 0 Å². The molecule has 1 aromatic carbocycles. The summed E-state index contributed by atoms with van der Waals surface area (Å²) < 4.78 is 7.81. The van der Waals surface area contributed by atoms with Gasteiger partial charge in [-0.25, -0.2) is 0 Å². The second-order valence-corrected chi connectivity index (χ2v) is 8.69. The Morgan fingerprint density at radius 1 is 1.19 bits per heavy atom. The van der Waals surface area contributed by atoms with Gasteiger partial charge in [-0.2, -0.15) is 0 Å². The van der Waals surface area contributed by atoms with E-state index < -0.39 is 0 Å². The summed E-state index contributed by atoms with van der Waals surface area (Å²) in [6.07, 6.45) is 2.37. The predicted octanol–water partition coefficient (Wildman–Crippen LogP) is 3.83. The molecule has 1 saturated heterocycles. The van der Waals surface area contributed by atoms with Gasteiger partial charge < -0.3 is 13.9 Å². The number of hydrogen-bond donors (Lipinski definition) is 0. The topological polar surface area (TPSA) is 81.2 Å². The molecule has 4 rings (SSSR count). The van der Waals surface area contributed by atoms with Crippen molar-refractivity contribution in [1.29, 1.82) is 0 Å². The number of carbonyl (C=O) groups is 2. The van der Waals surface area contributed by atoms with Gasteiger partial charge in [0, 0.05) is 36.5 Å². The Kier molecular flexibility index (Phi) is 6.56. The zero-order chi connectivity index (χ0) is 21.8. The summed E-state index contributed by atoms with van der Waals surface area (Å²) in [5.41, 5.74) is 4.08. The standard InChI is InChI=1S/C23H26N4O3S/c1-16-13-19(17(2)27(16)12-10-18-7-4-3-5-8-18)20(28)15-31-23-25-24-21(30-23)14-26-11-6-9-22(26)29/h3-5,7-8,13H,6,9-12,14-15H2,1-2H3. The van der Waals surface area contributed by atoms with Crippen molar-refractivity contribution in [2.75, 3.05) is 12.3 Å². The van der Waals surface area contributed by atoms with Crippen LogP contribution in [-0.2, 0) is 24.3 Å². The molecule has 1 fully saturated rings. The average molecular weight is 439 g/mol. The van der Waals surface area contributed by atoms with Crippen molar-refractivity contribution < 1.29 is 14.0 Å². The fourth-order valence-electron chi connectivity index (χ4n) is 3.91. The van der Waals surface area contributed by atoms with Crippen molar-refractivity contribution in [1.82, 2.24) is 19.7 Å². The van der Waals surface area contributed by atoms with E-state index in [0.29, 0.717) is 24.1 Å². The largest absolute Gasteiger partial charge is 0.414 e. The van der Waals surface area contributed by atoms with Crippen LogP contribution in [0.25, 0.3) is 0 Å². The van der Waals surface area contributed by atoms with Gasteiger partial charge in [0.2, 0.25) is 11.8 Å². The second-order valence-electron chi connectivity index (χ2n) is 7.76. The van der Waals surface area contributed by atoms with E-state index in [9.17, 15) is 9.59 Å². The number of Topliss-reactive ketones (excluding diaryl/α,β-unsaturated/α-hetero) is 1. The van der Waals surface area contributed by atoms with Crippen LogP contribution < -0.4 is 0 Å². The molecule has 2 aromatic heterocycles. The summed E-state index contributed by atoms with van der Waals surface area (Å²) in [5, 5.41) is 8.37. The molecule has 0 N–H and O–H groups in total. The van der Waals surface area contributed by atoms with Gasteiger partial charge in [-0.05, 0) is 38.3 Å². The quantitative estimate of drug-likeness (QED) is 0.373. The van der Waals surface area contributed by atoms with Crippen molar-refractivity contribution in [3.05, 3.63) is 64.8 Å². The molecule has 0 spiro atoms. The number of aryl methyl sites for hydroxylation is 2. The van der Waals surface area contributed by atoms with Crippen molar-refractivity contribution in [2.45, 2.75) is 51.4 Å². The maximum absolute atomic E-state index is 12.8. The van der Waals surface area contributed by atoms with E-state index in [1.54, 1.807) is 4.90 Å². The number of thioether (sulfide) groups is 1. The van der Waals surface area contributed by atoms with Gasteiger partial charge in [-0.1, -0.05) is 42.1 Å². The van der Waals surface area contributed by atoms with Crippen LogP contribution in [0.1, 0.15) is 46.0 Å². The lowest BCUT2D eigenvalue weighted by Crippen LogP contribution is -2.23. The molecule has 31 heavy (non-hydrogen) atoms. The van der Waals surface area contributed by atoms with E-state index in [2.05, 4.69) is 26.9 Å². The number of ketones is 1. The van der Waals surface area contributed by atoms with Gasteiger partial charge in [-0.3, -0.25) is 9.59 Å². The highest BCUT2D eigenvalue weighted by atomic mass is 32.2. The average Bonchev–Trinajstić information content (AvgIpc) is 3.46. The molecule has 1 aliphatic rings. The molecule has 0 saturated carbocycles. The molecule has 0 unspecified atom stereocenters. The van der Waals surface area contributed by atoms with E-state index in [1.807, 2.05) is 38.1 Å². The number of carbonyl (C=O) groups excluding carboxylic acids is 2. The fraction of sp³-hybridized carbons (Fsp3) is 0.391. The number of benzene rings is 1. The fourth-order valence-corrected chi connectivity index (χ4v) is 4.58. The van der Waals surface area contributed by atoms with Crippen LogP contribution in [0.3, 0.4) is 0 Å². The molecular formula is C23H26N4O3S. The van der Waals surface area contributed by atoms with Crippen molar-refractivity contribution in [3.8, 4) is 0 Å². The van der Waals surface area contributed by atoms with Crippen molar-refractivity contribution in [3.63, 3.8) is 0 Å². The Morgan fingerprint density at radius 2 is 2.00 bits per heavy atom. The Bertz CT molecular complexity index is 1070. The Balaban J connectivity index is 1.34. The first-order valence-electron chi connectivity index (χ1n) is 10.5. The molecule has 3 aromatic rings. The summed E-state index contributed by atoms with van der Waals surface area (Å²) in [4.78, 5) is 26.3. The molecule has 1 aliphatic heterocycles. The summed E-state index contributed by atoms with van der Waals surface area (Å²) in [7, 11) is 0. The summed E-state index contributed by atoms with van der Waals surface area (Å²) in [6, 6.07) is 12.3. The third kappa shape index (κ3) is 5.07. The third-order valence-corrected chi connectivity index (χ3v) is 6.43. The lowest BCUT2D eigenvalue weighted by atomic mass is 10.1. The summed E-state index contributed by atoms with van der Waals surface area (Å²) in [5.74, 6) is 0.792. The maximum Gasteiger partial charge on any atom is 0.277 e. The highest BCUT2D eigenvalue weighted by Crippen LogP contribution is 2.23. The molecule has 0 aliphatic carbocycles. The monoisotopic (exact) mass is 438 g/mol. The van der Waals surface area contributed by atoms with Crippen LogP contribution in [-0.4, -0.2) is 43.7 Å². The maximum atomic E-state index is 12.8. The lowest BCUT2D eigenvalue weighted by Gasteiger charge is -2.11. The van der Waals surface area contributed by atoms with Crippen molar-refractivity contribution in [2.24, 2.45) is 0 Å². The molecule has 0 radical (unpaired) electrons. The van der Waals surface area contributed by atoms with Gasteiger partial charge in [0.25, 0.3) is 5.22 Å². The van der Waals surface area contributed by atoms with E-state index in [4.69, 9.17) is 4.42 Å². The molecule has 1 amide bonds. The van der Waals surface area contributed by atoms with E-state index in [1.165, 1.54) is 17.3 Å². The number of likely N-dealkylation sites (tertiary alicyclic amines) is 1. The lowest BCUT2D eigenvalue weighted by molar-refractivity contribution is -0.128. The van der Waals surface area contributed by atoms with Crippen LogP contribution in [0, 0.1) is 13.8 Å². The third-order valence-electron chi connectivity index (χ3n) is 5.61. The first kappa shape index (κ1) is 21.4. The minimum Gasteiger partial charge on any atom is -0.414 e. The normalized spacial score (nSPS) is 13.9. The molecule has 7 nitrogen and oxygen atoms in total. The number of amides is 1. The number of rotatable bonds is 9. The van der Waals surface area contributed by atoms with Crippen LogP contribution in [0.4, 0.5) is 0 Å². The van der Waals surface area contributed by atoms with Gasteiger partial charge in [0.15, 0.2) is 5.78 Å². The smallest absolute Gasteiger partial charge is 0.277 e. The van der Waals surface area contributed by atoms with E-state index in [-0.39, 0.29) is 17.4 Å². The highest BCUT2D eigenvalue weighted by Gasteiger charge is 2.23. The van der Waals surface area contributed by atoms with Crippen LogP contribution in [0.5, 0.6) is 0 Å². The van der Waals surface area contributed by atoms with Gasteiger partial charge in [0.1, 0.15) is 0 Å². The molecule has 0 bridgehead atoms. The first-order chi connectivity index (χ1) is 15.0. The van der Waals surface area contributed by atoms with Crippen LogP contribution in [0.15, 0.2) is 46.0 Å². The highest BCUT2D eigenvalue weighted by molar-refractivity contribution is 7.99. The Hall–Kier alpha value is -2.87. The second kappa shape index (κ2) is 9.51.